The minimum absolute atomic E-state index is 0.111. The van der Waals surface area contributed by atoms with Crippen LogP contribution < -0.4 is 15.8 Å². The van der Waals surface area contributed by atoms with Crippen LogP contribution in [0.15, 0.2) is 24.3 Å². The van der Waals surface area contributed by atoms with E-state index in [0.29, 0.717) is 5.75 Å². The van der Waals surface area contributed by atoms with Gasteiger partial charge in [0.1, 0.15) is 12.4 Å². The van der Waals surface area contributed by atoms with E-state index in [1.54, 1.807) is 0 Å². The van der Waals surface area contributed by atoms with Crippen LogP contribution in [0.5, 0.6) is 5.75 Å². The summed E-state index contributed by atoms with van der Waals surface area (Å²) in [5.41, 5.74) is 4.33. The Kier molecular flexibility index (Phi) is 4.96. The van der Waals surface area contributed by atoms with Crippen LogP contribution in [0.1, 0.15) is 5.56 Å². The highest BCUT2D eigenvalue weighted by atomic mass is 19.4. The van der Waals surface area contributed by atoms with E-state index in [9.17, 15) is 18.0 Å². The first kappa shape index (κ1) is 14.3. The quantitative estimate of drug-likeness (QED) is 0.783. The van der Waals surface area contributed by atoms with Crippen LogP contribution in [0.3, 0.4) is 0 Å². The molecule has 0 atom stereocenters. The molecule has 0 radical (unpaired) electrons. The second-order valence-electron chi connectivity index (χ2n) is 3.42. The van der Waals surface area contributed by atoms with Gasteiger partial charge in [-0.1, -0.05) is 0 Å². The minimum atomic E-state index is -4.35. The fourth-order valence-corrected chi connectivity index (χ4v) is 1.17. The van der Waals surface area contributed by atoms with Crippen molar-refractivity contribution in [3.8, 4) is 5.75 Å². The zero-order valence-electron chi connectivity index (χ0n) is 9.46. The summed E-state index contributed by atoms with van der Waals surface area (Å²) >= 11 is 0. The van der Waals surface area contributed by atoms with Gasteiger partial charge in [-0.15, -0.1) is 0 Å². The van der Waals surface area contributed by atoms with E-state index in [1.165, 1.54) is 12.1 Å². The van der Waals surface area contributed by atoms with E-state index < -0.39 is 11.7 Å². The molecule has 0 aromatic heterocycles. The Bertz CT molecular complexity index is 390. The standard InChI is InChI=1S/C11H13F3N2O2/c12-11(13,14)8-1-3-9(4-2-8)18-6-5-16-10(17)7-15/h1-4H,5-7,15H2,(H,16,17). The SMILES string of the molecule is NCC(=O)NCCOc1ccc(C(F)(F)F)cc1. The number of ether oxygens (including phenoxy) is 1. The van der Waals surface area contributed by atoms with E-state index in [4.69, 9.17) is 10.5 Å². The molecule has 1 aromatic rings. The lowest BCUT2D eigenvalue weighted by Crippen LogP contribution is -2.33. The van der Waals surface area contributed by atoms with Crippen molar-refractivity contribution in [2.45, 2.75) is 6.18 Å². The van der Waals surface area contributed by atoms with E-state index in [0.717, 1.165) is 12.1 Å². The van der Waals surface area contributed by atoms with Crippen molar-refractivity contribution < 1.29 is 22.7 Å². The largest absolute Gasteiger partial charge is 0.492 e. The Hall–Kier alpha value is -1.76. The molecule has 1 rings (SSSR count). The number of rotatable bonds is 5. The molecule has 0 saturated heterocycles. The molecule has 0 aliphatic heterocycles. The first-order chi connectivity index (χ1) is 8.43. The Morgan fingerprint density at radius 1 is 1.28 bits per heavy atom. The smallest absolute Gasteiger partial charge is 0.416 e. The summed E-state index contributed by atoms with van der Waals surface area (Å²) in [6.45, 7) is 0.300. The average molecular weight is 262 g/mol. The van der Waals surface area contributed by atoms with E-state index in [2.05, 4.69) is 5.32 Å². The summed E-state index contributed by atoms with van der Waals surface area (Å²) in [7, 11) is 0. The van der Waals surface area contributed by atoms with Crippen molar-refractivity contribution in [2.24, 2.45) is 5.73 Å². The normalized spacial score (nSPS) is 11.1. The highest BCUT2D eigenvalue weighted by molar-refractivity contribution is 5.77. The molecule has 18 heavy (non-hydrogen) atoms. The summed E-state index contributed by atoms with van der Waals surface area (Å²) in [6, 6.07) is 4.34. The number of benzene rings is 1. The molecule has 0 spiro atoms. The van der Waals surface area contributed by atoms with Crippen molar-refractivity contribution >= 4 is 5.91 Å². The van der Waals surface area contributed by atoms with Gasteiger partial charge in [-0.05, 0) is 24.3 Å². The molecule has 100 valence electrons. The van der Waals surface area contributed by atoms with Crippen molar-refractivity contribution in [2.75, 3.05) is 19.7 Å². The number of carbonyl (C=O) groups is 1. The van der Waals surface area contributed by atoms with Gasteiger partial charge in [-0.2, -0.15) is 13.2 Å². The van der Waals surface area contributed by atoms with Crippen molar-refractivity contribution in [3.05, 3.63) is 29.8 Å². The third kappa shape index (κ3) is 4.62. The minimum Gasteiger partial charge on any atom is -0.492 e. The van der Waals surface area contributed by atoms with Crippen LogP contribution in [-0.4, -0.2) is 25.6 Å². The molecular formula is C11H13F3N2O2. The number of hydrogen-bond donors (Lipinski definition) is 2. The maximum absolute atomic E-state index is 12.3. The first-order valence-electron chi connectivity index (χ1n) is 5.20. The van der Waals surface area contributed by atoms with Crippen LogP contribution in [0.4, 0.5) is 13.2 Å². The fourth-order valence-electron chi connectivity index (χ4n) is 1.17. The molecule has 1 aromatic carbocycles. The Balaban J connectivity index is 2.38. The zero-order valence-corrected chi connectivity index (χ0v) is 9.46. The number of hydrogen-bond acceptors (Lipinski definition) is 3. The van der Waals surface area contributed by atoms with E-state index in [-0.39, 0.29) is 25.6 Å². The Labute approximate surface area is 102 Å². The lowest BCUT2D eigenvalue weighted by molar-refractivity contribution is -0.137. The number of carbonyl (C=O) groups excluding carboxylic acids is 1. The van der Waals surface area contributed by atoms with Crippen molar-refractivity contribution in [3.63, 3.8) is 0 Å². The molecule has 0 unspecified atom stereocenters. The molecule has 0 bridgehead atoms. The number of nitrogens with one attached hydrogen (secondary N) is 1. The van der Waals surface area contributed by atoms with E-state index >= 15 is 0 Å². The molecular weight excluding hydrogens is 249 g/mol. The second-order valence-corrected chi connectivity index (χ2v) is 3.42. The predicted molar refractivity (Wildman–Crippen MR) is 59.0 cm³/mol. The molecule has 0 saturated carbocycles. The fraction of sp³-hybridized carbons (Fsp3) is 0.364. The average Bonchev–Trinajstić information content (AvgIpc) is 2.33. The molecule has 0 aliphatic rings. The molecule has 4 nitrogen and oxygen atoms in total. The van der Waals surface area contributed by atoms with Crippen LogP contribution in [0.2, 0.25) is 0 Å². The summed E-state index contributed by atoms with van der Waals surface area (Å²) in [5, 5.41) is 2.47. The lowest BCUT2D eigenvalue weighted by atomic mass is 10.2. The number of alkyl halides is 3. The predicted octanol–water partition coefficient (Wildman–Crippen LogP) is 1.16. The van der Waals surface area contributed by atoms with Gasteiger partial charge in [0, 0.05) is 0 Å². The lowest BCUT2D eigenvalue weighted by Gasteiger charge is -2.09. The van der Waals surface area contributed by atoms with Crippen LogP contribution >= 0.6 is 0 Å². The van der Waals surface area contributed by atoms with Crippen molar-refractivity contribution in [1.82, 2.24) is 5.32 Å². The highest BCUT2D eigenvalue weighted by Crippen LogP contribution is 2.30. The Morgan fingerprint density at radius 3 is 2.39 bits per heavy atom. The summed E-state index contributed by atoms with van der Waals surface area (Å²) in [4.78, 5) is 10.8. The molecule has 0 heterocycles. The van der Waals surface area contributed by atoms with Gasteiger partial charge in [-0.25, -0.2) is 0 Å². The maximum atomic E-state index is 12.3. The van der Waals surface area contributed by atoms with Gasteiger partial charge in [-0.3, -0.25) is 4.79 Å². The van der Waals surface area contributed by atoms with Crippen LogP contribution in [0.25, 0.3) is 0 Å². The topological polar surface area (TPSA) is 64.4 Å². The number of halogens is 3. The maximum Gasteiger partial charge on any atom is 0.416 e. The second kappa shape index (κ2) is 6.25. The summed E-state index contributed by atoms with van der Waals surface area (Å²) < 4.78 is 41.9. The highest BCUT2D eigenvalue weighted by Gasteiger charge is 2.29. The molecule has 7 heteroatoms. The van der Waals surface area contributed by atoms with Gasteiger partial charge in [0.25, 0.3) is 0 Å². The summed E-state index contributed by atoms with van der Waals surface area (Å²) in [6.07, 6.45) is -4.35. The molecule has 1 amide bonds. The van der Waals surface area contributed by atoms with Gasteiger partial charge >= 0.3 is 6.18 Å². The van der Waals surface area contributed by atoms with Crippen LogP contribution in [0, 0.1) is 0 Å². The number of amides is 1. The molecule has 3 N–H and O–H groups in total. The van der Waals surface area contributed by atoms with E-state index in [1.807, 2.05) is 0 Å². The molecule has 0 aliphatic carbocycles. The van der Waals surface area contributed by atoms with Gasteiger partial charge in [0.15, 0.2) is 0 Å². The third-order valence-corrected chi connectivity index (χ3v) is 2.06. The van der Waals surface area contributed by atoms with Gasteiger partial charge < -0.3 is 15.8 Å². The first-order valence-corrected chi connectivity index (χ1v) is 5.20. The molecule has 0 fully saturated rings. The Morgan fingerprint density at radius 2 is 1.89 bits per heavy atom. The summed E-state index contributed by atoms with van der Waals surface area (Å²) in [5.74, 6) is -0.00369. The third-order valence-electron chi connectivity index (χ3n) is 2.06. The van der Waals surface area contributed by atoms with Gasteiger partial charge in [0.05, 0.1) is 18.7 Å². The zero-order chi connectivity index (χ0) is 13.6. The van der Waals surface area contributed by atoms with Gasteiger partial charge in [0.2, 0.25) is 5.91 Å². The number of nitrogens with two attached hydrogens (primary N) is 1. The van der Waals surface area contributed by atoms with Crippen LogP contribution in [-0.2, 0) is 11.0 Å². The van der Waals surface area contributed by atoms with Crippen molar-refractivity contribution in [1.29, 1.82) is 0 Å². The monoisotopic (exact) mass is 262 g/mol.